The van der Waals surface area contributed by atoms with Crippen LogP contribution in [0.3, 0.4) is 0 Å². The largest absolute Gasteiger partial charge is 0.506 e. The Kier molecular flexibility index (Phi) is 1.89. The van der Waals surface area contributed by atoms with Crippen LogP contribution in [0.4, 0.5) is 11.4 Å². The van der Waals surface area contributed by atoms with E-state index in [1.165, 1.54) is 0 Å². The van der Waals surface area contributed by atoms with E-state index in [2.05, 4.69) is 5.32 Å². The molecule has 0 saturated carbocycles. The van der Waals surface area contributed by atoms with Crippen molar-refractivity contribution in [2.24, 2.45) is 0 Å². The quantitative estimate of drug-likeness (QED) is 0.420. The number of nitrogens with two attached hydrogens (primary N) is 1. The number of anilines is 2. The highest BCUT2D eigenvalue weighted by molar-refractivity contribution is 5.65. The molecular weight excluding hydrogens is 140 g/mol. The molecular formula is C8H12N2O. The smallest absolute Gasteiger partial charge is 0.140 e. The Morgan fingerprint density at radius 3 is 2.55 bits per heavy atom. The van der Waals surface area contributed by atoms with Crippen molar-refractivity contribution < 1.29 is 5.11 Å². The number of phenols is 1. The molecule has 0 aliphatic rings. The number of nitrogen functional groups attached to an aromatic ring is 1. The zero-order valence-corrected chi connectivity index (χ0v) is 6.68. The van der Waals surface area contributed by atoms with Gasteiger partial charge in [0.1, 0.15) is 5.75 Å². The van der Waals surface area contributed by atoms with Crippen molar-refractivity contribution in [1.29, 1.82) is 0 Å². The van der Waals surface area contributed by atoms with Crippen molar-refractivity contribution in [2.75, 3.05) is 18.1 Å². The number of hydrogen-bond donors (Lipinski definition) is 3. The molecule has 60 valence electrons. The van der Waals surface area contributed by atoms with Crippen LogP contribution in [0.1, 0.15) is 5.56 Å². The molecule has 0 unspecified atom stereocenters. The highest BCUT2D eigenvalue weighted by atomic mass is 16.3. The Labute approximate surface area is 65.8 Å². The number of aromatic hydroxyl groups is 1. The molecule has 0 aliphatic carbocycles. The molecule has 0 atom stereocenters. The van der Waals surface area contributed by atoms with Crippen molar-refractivity contribution in [3.05, 3.63) is 17.7 Å². The summed E-state index contributed by atoms with van der Waals surface area (Å²) in [6, 6.07) is 3.48. The van der Waals surface area contributed by atoms with Gasteiger partial charge in [0, 0.05) is 18.8 Å². The van der Waals surface area contributed by atoms with Gasteiger partial charge in [-0.25, -0.2) is 0 Å². The molecule has 1 aromatic carbocycles. The van der Waals surface area contributed by atoms with Crippen LogP contribution in [0.5, 0.6) is 5.75 Å². The highest BCUT2D eigenvalue weighted by Crippen LogP contribution is 2.27. The fourth-order valence-corrected chi connectivity index (χ4v) is 0.924. The average molecular weight is 152 g/mol. The van der Waals surface area contributed by atoms with E-state index in [-0.39, 0.29) is 5.75 Å². The third kappa shape index (κ3) is 1.37. The number of benzene rings is 1. The SMILES string of the molecule is CNc1cc(C)c(N)c(O)c1. The van der Waals surface area contributed by atoms with Crippen LogP contribution in [-0.4, -0.2) is 12.2 Å². The van der Waals surface area contributed by atoms with Crippen LogP contribution < -0.4 is 11.1 Å². The third-order valence-corrected chi connectivity index (χ3v) is 1.65. The standard InChI is InChI=1S/C8H12N2O/c1-5-3-6(10-2)4-7(11)8(5)9/h3-4,10-11H,9H2,1-2H3. The van der Waals surface area contributed by atoms with Gasteiger partial charge in [-0.2, -0.15) is 0 Å². The molecule has 0 spiro atoms. The lowest BCUT2D eigenvalue weighted by Crippen LogP contribution is -1.93. The van der Waals surface area contributed by atoms with Crippen LogP contribution in [0.2, 0.25) is 0 Å². The minimum Gasteiger partial charge on any atom is -0.506 e. The van der Waals surface area contributed by atoms with E-state index in [1.807, 2.05) is 13.0 Å². The van der Waals surface area contributed by atoms with Gasteiger partial charge in [-0.15, -0.1) is 0 Å². The molecule has 0 aromatic heterocycles. The summed E-state index contributed by atoms with van der Waals surface area (Å²) in [7, 11) is 1.80. The first kappa shape index (κ1) is 7.72. The van der Waals surface area contributed by atoms with Crippen molar-refractivity contribution in [3.8, 4) is 5.75 Å². The summed E-state index contributed by atoms with van der Waals surface area (Å²) in [5.74, 6) is 0.134. The van der Waals surface area contributed by atoms with Crippen LogP contribution in [0, 0.1) is 6.92 Å². The lowest BCUT2D eigenvalue weighted by molar-refractivity contribution is 0.478. The lowest BCUT2D eigenvalue weighted by Gasteiger charge is -2.06. The van der Waals surface area contributed by atoms with Crippen LogP contribution >= 0.6 is 0 Å². The van der Waals surface area contributed by atoms with Gasteiger partial charge in [0.15, 0.2) is 0 Å². The molecule has 0 saturated heterocycles. The zero-order chi connectivity index (χ0) is 8.43. The van der Waals surface area contributed by atoms with Gasteiger partial charge in [-0.1, -0.05) is 0 Å². The van der Waals surface area contributed by atoms with Gasteiger partial charge in [0.25, 0.3) is 0 Å². The second kappa shape index (κ2) is 2.70. The van der Waals surface area contributed by atoms with E-state index in [1.54, 1.807) is 13.1 Å². The van der Waals surface area contributed by atoms with E-state index in [9.17, 15) is 5.11 Å². The summed E-state index contributed by atoms with van der Waals surface area (Å²) in [5, 5.41) is 12.2. The molecule has 1 rings (SSSR count). The molecule has 3 heteroatoms. The lowest BCUT2D eigenvalue weighted by atomic mass is 10.1. The Morgan fingerprint density at radius 1 is 1.45 bits per heavy atom. The summed E-state index contributed by atoms with van der Waals surface area (Å²) in [5.41, 5.74) is 7.73. The molecule has 0 fully saturated rings. The second-order valence-corrected chi connectivity index (χ2v) is 2.48. The van der Waals surface area contributed by atoms with Gasteiger partial charge in [0.05, 0.1) is 5.69 Å². The minimum atomic E-state index is 0.134. The van der Waals surface area contributed by atoms with Crippen molar-refractivity contribution in [3.63, 3.8) is 0 Å². The third-order valence-electron chi connectivity index (χ3n) is 1.65. The second-order valence-electron chi connectivity index (χ2n) is 2.48. The van der Waals surface area contributed by atoms with E-state index in [4.69, 9.17) is 5.73 Å². The van der Waals surface area contributed by atoms with Crippen molar-refractivity contribution in [1.82, 2.24) is 0 Å². The fourth-order valence-electron chi connectivity index (χ4n) is 0.924. The summed E-state index contributed by atoms with van der Waals surface area (Å²) in [6.45, 7) is 1.86. The first-order valence-corrected chi connectivity index (χ1v) is 3.42. The maximum Gasteiger partial charge on any atom is 0.140 e. The molecule has 0 aliphatic heterocycles. The van der Waals surface area contributed by atoms with Crippen molar-refractivity contribution >= 4 is 11.4 Å². The number of aryl methyl sites for hydroxylation is 1. The van der Waals surface area contributed by atoms with Gasteiger partial charge >= 0.3 is 0 Å². The number of nitrogens with one attached hydrogen (secondary N) is 1. The fraction of sp³-hybridized carbons (Fsp3) is 0.250. The molecule has 4 N–H and O–H groups in total. The first-order chi connectivity index (χ1) is 5.15. The number of hydrogen-bond acceptors (Lipinski definition) is 3. The van der Waals surface area contributed by atoms with E-state index in [0.29, 0.717) is 5.69 Å². The molecule has 11 heavy (non-hydrogen) atoms. The highest BCUT2D eigenvalue weighted by Gasteiger charge is 2.01. The zero-order valence-electron chi connectivity index (χ0n) is 6.68. The Hall–Kier alpha value is -1.38. The monoisotopic (exact) mass is 152 g/mol. The van der Waals surface area contributed by atoms with Crippen LogP contribution in [0.25, 0.3) is 0 Å². The molecule has 0 amide bonds. The summed E-state index contributed by atoms with van der Waals surface area (Å²) >= 11 is 0. The Morgan fingerprint density at radius 2 is 2.09 bits per heavy atom. The molecule has 1 aromatic rings. The van der Waals surface area contributed by atoms with Crippen LogP contribution in [0.15, 0.2) is 12.1 Å². The van der Waals surface area contributed by atoms with Crippen molar-refractivity contribution in [2.45, 2.75) is 6.92 Å². The van der Waals surface area contributed by atoms with Gasteiger partial charge in [-0.05, 0) is 18.6 Å². The average Bonchev–Trinajstić information content (AvgIpc) is 1.99. The number of rotatable bonds is 1. The topological polar surface area (TPSA) is 58.3 Å². The van der Waals surface area contributed by atoms with E-state index in [0.717, 1.165) is 11.3 Å². The molecule has 0 radical (unpaired) electrons. The van der Waals surface area contributed by atoms with Crippen LogP contribution in [-0.2, 0) is 0 Å². The Bertz CT molecular complexity index is 248. The maximum atomic E-state index is 9.25. The summed E-state index contributed by atoms with van der Waals surface area (Å²) in [6.07, 6.45) is 0. The van der Waals surface area contributed by atoms with Gasteiger partial charge in [-0.3, -0.25) is 0 Å². The Balaban J connectivity index is 3.21. The first-order valence-electron chi connectivity index (χ1n) is 3.42. The molecule has 3 nitrogen and oxygen atoms in total. The molecule has 0 heterocycles. The van der Waals surface area contributed by atoms with Gasteiger partial charge < -0.3 is 16.2 Å². The summed E-state index contributed by atoms with van der Waals surface area (Å²) in [4.78, 5) is 0. The maximum absolute atomic E-state index is 9.25. The summed E-state index contributed by atoms with van der Waals surface area (Å²) < 4.78 is 0. The predicted molar refractivity (Wildman–Crippen MR) is 46.8 cm³/mol. The van der Waals surface area contributed by atoms with E-state index < -0.39 is 0 Å². The van der Waals surface area contributed by atoms with Gasteiger partial charge in [0.2, 0.25) is 0 Å². The number of phenolic OH excluding ortho intramolecular Hbond substituents is 1. The molecule has 0 bridgehead atoms. The normalized spacial score (nSPS) is 9.64. The van der Waals surface area contributed by atoms with E-state index >= 15 is 0 Å². The minimum absolute atomic E-state index is 0.134. The predicted octanol–water partition coefficient (Wildman–Crippen LogP) is 1.32.